The van der Waals surface area contributed by atoms with E-state index in [2.05, 4.69) is 16.4 Å². The van der Waals surface area contributed by atoms with E-state index in [0.717, 1.165) is 16.6 Å². The Labute approximate surface area is 104 Å². The molecule has 3 heteroatoms. The van der Waals surface area contributed by atoms with Gasteiger partial charge in [0.05, 0.1) is 0 Å². The molecule has 0 aliphatic carbocycles. The minimum atomic E-state index is -0.116. The molecule has 0 fully saturated rings. The van der Waals surface area contributed by atoms with Crippen LogP contribution in [0.2, 0.25) is 0 Å². The molecule has 0 unspecified atom stereocenters. The molecule has 87 valence electrons. The van der Waals surface area contributed by atoms with Crippen molar-refractivity contribution in [1.82, 2.24) is 4.98 Å². The first-order valence-electron chi connectivity index (χ1n) is 5.67. The van der Waals surface area contributed by atoms with Crippen LogP contribution in [-0.2, 0) is 0 Å². The lowest BCUT2D eigenvalue weighted by molar-refractivity contribution is 0.102. The van der Waals surface area contributed by atoms with Crippen LogP contribution in [0.15, 0.2) is 54.7 Å². The Bertz CT molecular complexity index is 686. The molecule has 2 aromatic carbocycles. The summed E-state index contributed by atoms with van der Waals surface area (Å²) in [5.74, 6) is -0.116. The smallest absolute Gasteiger partial charge is 0.255 e. The molecule has 2 N–H and O–H groups in total. The second kappa shape index (κ2) is 4.37. The quantitative estimate of drug-likeness (QED) is 0.703. The summed E-state index contributed by atoms with van der Waals surface area (Å²) in [6.45, 7) is 0. The monoisotopic (exact) mass is 235 g/mol. The van der Waals surface area contributed by atoms with E-state index in [1.165, 1.54) is 0 Å². The second-order valence-electron chi connectivity index (χ2n) is 4.02. The highest BCUT2D eigenvalue weighted by molar-refractivity contribution is 6.05. The Balaban J connectivity index is 1.86. The molecule has 1 amide bonds. The van der Waals surface area contributed by atoms with Crippen LogP contribution in [-0.4, -0.2) is 10.9 Å². The van der Waals surface area contributed by atoms with Gasteiger partial charge < -0.3 is 10.3 Å². The maximum Gasteiger partial charge on any atom is 0.255 e. The lowest BCUT2D eigenvalue weighted by Gasteiger charge is -2.05. The number of benzene rings is 2. The average molecular weight is 235 g/mol. The summed E-state index contributed by atoms with van der Waals surface area (Å²) in [5.41, 5.74) is 2.41. The number of nitrogens with one attached hydrogen (secondary N) is 2. The summed E-state index contributed by atoms with van der Waals surface area (Å²) in [7, 11) is 0. The first-order valence-corrected chi connectivity index (χ1v) is 5.67. The third kappa shape index (κ3) is 1.98. The fourth-order valence-electron chi connectivity index (χ4n) is 1.87. The van der Waals surface area contributed by atoms with Crippen molar-refractivity contribution >= 4 is 22.5 Å². The normalized spacial score (nSPS) is 10.4. The number of aromatic nitrogens is 1. The number of anilines is 1. The summed E-state index contributed by atoms with van der Waals surface area (Å²) >= 11 is 0. The van der Waals surface area contributed by atoms with Crippen molar-refractivity contribution in [3.8, 4) is 0 Å². The zero-order valence-corrected chi connectivity index (χ0v) is 9.60. The van der Waals surface area contributed by atoms with Gasteiger partial charge in [-0.1, -0.05) is 18.2 Å². The maximum absolute atomic E-state index is 12.0. The fraction of sp³-hybridized carbons (Fsp3) is 0. The number of amides is 1. The topological polar surface area (TPSA) is 44.9 Å². The Kier molecular flexibility index (Phi) is 2.57. The number of aromatic amines is 1. The Morgan fingerprint density at radius 3 is 2.78 bits per heavy atom. The molecule has 1 radical (unpaired) electrons. The van der Waals surface area contributed by atoms with Crippen LogP contribution in [0, 0.1) is 6.07 Å². The molecule has 0 spiro atoms. The van der Waals surface area contributed by atoms with Crippen LogP contribution in [0.1, 0.15) is 10.4 Å². The van der Waals surface area contributed by atoms with Gasteiger partial charge in [0.1, 0.15) is 0 Å². The maximum atomic E-state index is 12.0. The summed E-state index contributed by atoms with van der Waals surface area (Å²) in [6.07, 6.45) is 1.88. The third-order valence-electron chi connectivity index (χ3n) is 2.79. The van der Waals surface area contributed by atoms with E-state index in [-0.39, 0.29) is 5.91 Å². The van der Waals surface area contributed by atoms with Gasteiger partial charge in [-0.2, -0.15) is 0 Å². The molecule has 1 heterocycles. The molecule has 0 bridgehead atoms. The van der Waals surface area contributed by atoms with Crippen LogP contribution < -0.4 is 5.32 Å². The van der Waals surface area contributed by atoms with Gasteiger partial charge in [-0.15, -0.1) is 0 Å². The number of carbonyl (C=O) groups excluding carboxylic acids is 1. The van der Waals surface area contributed by atoms with Gasteiger partial charge in [0.25, 0.3) is 5.91 Å². The highest BCUT2D eigenvalue weighted by Crippen LogP contribution is 2.18. The first kappa shape index (κ1) is 10.6. The molecular formula is C15H11N2O. The molecule has 0 saturated carbocycles. The average Bonchev–Trinajstić information content (AvgIpc) is 2.87. The number of hydrogen-bond donors (Lipinski definition) is 2. The minimum Gasteiger partial charge on any atom is -0.361 e. The fourth-order valence-corrected chi connectivity index (χ4v) is 1.87. The Hall–Kier alpha value is -2.55. The lowest BCUT2D eigenvalue weighted by atomic mass is 10.2. The van der Waals surface area contributed by atoms with Crippen LogP contribution in [0.3, 0.4) is 0 Å². The zero-order chi connectivity index (χ0) is 12.4. The number of carbonyl (C=O) groups is 1. The van der Waals surface area contributed by atoms with Gasteiger partial charge in [-0.3, -0.25) is 4.79 Å². The molecule has 0 aliphatic heterocycles. The van der Waals surface area contributed by atoms with E-state index in [9.17, 15) is 4.79 Å². The SMILES string of the molecule is O=C(Nc1ccc2cc[nH]c2c1)c1cc[c]cc1. The van der Waals surface area contributed by atoms with E-state index in [1.807, 2.05) is 30.5 Å². The lowest BCUT2D eigenvalue weighted by Crippen LogP contribution is -2.11. The minimum absolute atomic E-state index is 0.116. The van der Waals surface area contributed by atoms with Crippen LogP contribution in [0.5, 0.6) is 0 Å². The van der Waals surface area contributed by atoms with Crippen molar-refractivity contribution in [3.63, 3.8) is 0 Å². The van der Waals surface area contributed by atoms with Gasteiger partial charge in [0, 0.05) is 23.0 Å². The summed E-state index contributed by atoms with van der Waals surface area (Å²) in [5, 5.41) is 3.99. The predicted octanol–water partition coefficient (Wildman–Crippen LogP) is 3.22. The van der Waals surface area contributed by atoms with Crippen LogP contribution in [0.4, 0.5) is 5.69 Å². The largest absolute Gasteiger partial charge is 0.361 e. The van der Waals surface area contributed by atoms with E-state index in [0.29, 0.717) is 5.56 Å². The third-order valence-corrected chi connectivity index (χ3v) is 2.79. The van der Waals surface area contributed by atoms with Crippen molar-refractivity contribution < 1.29 is 4.79 Å². The molecular weight excluding hydrogens is 224 g/mol. The van der Waals surface area contributed by atoms with Crippen LogP contribution in [0.25, 0.3) is 10.9 Å². The first-order chi connectivity index (χ1) is 8.83. The van der Waals surface area contributed by atoms with Crippen molar-refractivity contribution in [2.75, 3.05) is 5.32 Å². The van der Waals surface area contributed by atoms with E-state index < -0.39 is 0 Å². The number of fused-ring (bicyclic) bond motifs is 1. The molecule has 3 rings (SSSR count). The van der Waals surface area contributed by atoms with Gasteiger partial charge in [0.15, 0.2) is 0 Å². The highest BCUT2D eigenvalue weighted by atomic mass is 16.1. The highest BCUT2D eigenvalue weighted by Gasteiger charge is 2.05. The van der Waals surface area contributed by atoms with Gasteiger partial charge in [-0.25, -0.2) is 0 Å². The molecule has 18 heavy (non-hydrogen) atoms. The number of hydrogen-bond acceptors (Lipinski definition) is 1. The molecule has 3 nitrogen and oxygen atoms in total. The van der Waals surface area contributed by atoms with Gasteiger partial charge in [0.2, 0.25) is 0 Å². The number of H-pyrrole nitrogens is 1. The van der Waals surface area contributed by atoms with Gasteiger partial charge in [-0.05, 0) is 41.8 Å². The second-order valence-corrected chi connectivity index (χ2v) is 4.02. The summed E-state index contributed by atoms with van der Waals surface area (Å²) in [4.78, 5) is 15.1. The Morgan fingerprint density at radius 2 is 1.94 bits per heavy atom. The molecule has 0 aliphatic rings. The standard InChI is InChI=1S/C15H11N2O/c18-15(12-4-2-1-3-5-12)17-13-7-6-11-8-9-16-14(11)10-13/h2-10,16H,(H,17,18). The van der Waals surface area contributed by atoms with E-state index in [4.69, 9.17) is 0 Å². The summed E-state index contributed by atoms with van der Waals surface area (Å²) in [6, 6.07) is 17.6. The predicted molar refractivity (Wildman–Crippen MR) is 71.5 cm³/mol. The van der Waals surface area contributed by atoms with Gasteiger partial charge >= 0.3 is 0 Å². The molecule has 0 atom stereocenters. The molecule has 0 saturated heterocycles. The van der Waals surface area contributed by atoms with Crippen molar-refractivity contribution in [3.05, 3.63) is 66.4 Å². The van der Waals surface area contributed by atoms with Crippen molar-refractivity contribution in [2.24, 2.45) is 0 Å². The van der Waals surface area contributed by atoms with E-state index >= 15 is 0 Å². The Morgan fingerprint density at radius 1 is 1.11 bits per heavy atom. The van der Waals surface area contributed by atoms with Crippen molar-refractivity contribution in [1.29, 1.82) is 0 Å². The van der Waals surface area contributed by atoms with Crippen LogP contribution >= 0.6 is 0 Å². The molecule has 3 aromatic rings. The number of rotatable bonds is 2. The van der Waals surface area contributed by atoms with E-state index in [1.54, 1.807) is 24.3 Å². The zero-order valence-electron chi connectivity index (χ0n) is 9.60. The van der Waals surface area contributed by atoms with Crippen molar-refractivity contribution in [2.45, 2.75) is 0 Å². The molecule has 1 aromatic heterocycles. The summed E-state index contributed by atoms with van der Waals surface area (Å²) < 4.78 is 0.